The zero-order valence-electron chi connectivity index (χ0n) is 31.1. The topological polar surface area (TPSA) is 147 Å². The second-order valence-electron chi connectivity index (χ2n) is 13.1. The first kappa shape index (κ1) is 38.7. The number of benzene rings is 4. The van der Waals surface area contributed by atoms with Crippen LogP contribution in [0.5, 0.6) is 34.5 Å². The van der Waals surface area contributed by atoms with Gasteiger partial charge < -0.3 is 47.7 Å². The summed E-state index contributed by atoms with van der Waals surface area (Å²) >= 11 is 0. The molecule has 0 aromatic heterocycles. The van der Waals surface area contributed by atoms with Crippen LogP contribution in [0.25, 0.3) is 0 Å². The maximum atomic E-state index is 13.0. The number of phenols is 1. The molecule has 1 N–H and O–H groups in total. The molecule has 3 aliphatic rings. The molecule has 1 unspecified atom stereocenters. The highest BCUT2D eigenvalue weighted by atomic mass is 16.7. The third-order valence-corrected chi connectivity index (χ3v) is 9.24. The number of phenolic OH excluding ortho intramolecular Hbond substituents is 1. The lowest BCUT2D eigenvalue weighted by Gasteiger charge is -2.33. The van der Waals surface area contributed by atoms with Crippen LogP contribution in [0.4, 0.5) is 21.0 Å². The lowest BCUT2D eigenvalue weighted by atomic mass is 10.1. The zero-order chi connectivity index (χ0) is 38.7. The summed E-state index contributed by atoms with van der Waals surface area (Å²) in [7, 11) is 1.63. The van der Waals surface area contributed by atoms with Gasteiger partial charge in [0.25, 0.3) is 0 Å². The molecule has 1 fully saturated rings. The number of anilines is 2. The molecule has 3 heterocycles. The van der Waals surface area contributed by atoms with Crippen LogP contribution < -0.4 is 33.5 Å². The van der Waals surface area contributed by atoms with Crippen molar-refractivity contribution in [2.75, 3.05) is 89.4 Å². The normalized spacial score (nSPS) is 16.8. The molecular formula is C41H45N3O12. The standard InChI is InChI=1S/C41H45N3O12/c1-48-18-19-50-21-23-52-35-12-6-32(7-13-35)44-27-30-3-9-36(25-38(30)56-41(44)47)54-39-28-42(15-17-53-39)14-16-49-20-22-51-34-10-4-31(5-11-34)43-26-29-2-8-33(45)24-37(29)55-40(43)46/h2-13,24-25,39,45H,14-23,26-28H2,1H3. The average molecular weight is 772 g/mol. The van der Waals surface area contributed by atoms with E-state index in [1.54, 1.807) is 54.5 Å². The van der Waals surface area contributed by atoms with Crippen molar-refractivity contribution in [1.82, 2.24) is 4.90 Å². The lowest BCUT2D eigenvalue weighted by molar-refractivity contribution is -0.132. The van der Waals surface area contributed by atoms with E-state index in [4.69, 9.17) is 42.6 Å². The van der Waals surface area contributed by atoms with Crippen LogP contribution in [0.15, 0.2) is 84.9 Å². The molecule has 0 bridgehead atoms. The first-order valence-corrected chi connectivity index (χ1v) is 18.5. The van der Waals surface area contributed by atoms with Crippen molar-refractivity contribution in [3.8, 4) is 34.5 Å². The number of nitrogens with zero attached hydrogens (tertiary/aromatic N) is 3. The van der Waals surface area contributed by atoms with Crippen molar-refractivity contribution in [3.05, 3.63) is 96.1 Å². The van der Waals surface area contributed by atoms with Crippen molar-refractivity contribution in [1.29, 1.82) is 0 Å². The summed E-state index contributed by atoms with van der Waals surface area (Å²) in [5, 5.41) is 9.66. The summed E-state index contributed by atoms with van der Waals surface area (Å²) in [6.07, 6.45) is -1.48. The number of morpholine rings is 1. The molecule has 2 amide bonds. The van der Waals surface area contributed by atoms with Gasteiger partial charge in [0, 0.05) is 54.8 Å². The molecule has 15 heteroatoms. The highest BCUT2D eigenvalue weighted by Gasteiger charge is 2.29. The number of carbonyl (C=O) groups excluding carboxylic acids is 2. The number of hydrogen-bond acceptors (Lipinski definition) is 13. The molecule has 0 aliphatic carbocycles. The van der Waals surface area contributed by atoms with Gasteiger partial charge in [0.2, 0.25) is 6.29 Å². The Balaban J connectivity index is 0.796. The van der Waals surface area contributed by atoms with Crippen molar-refractivity contribution in [2.24, 2.45) is 0 Å². The number of aromatic hydroxyl groups is 1. The van der Waals surface area contributed by atoms with E-state index in [1.165, 1.54) is 11.0 Å². The van der Waals surface area contributed by atoms with Gasteiger partial charge in [-0.25, -0.2) is 9.59 Å². The second-order valence-corrected chi connectivity index (χ2v) is 13.1. The van der Waals surface area contributed by atoms with Gasteiger partial charge in [-0.2, -0.15) is 0 Å². The smallest absolute Gasteiger partial charge is 0.420 e. The third kappa shape index (κ3) is 10.2. The Morgan fingerprint density at radius 2 is 1.21 bits per heavy atom. The monoisotopic (exact) mass is 771 g/mol. The van der Waals surface area contributed by atoms with Crippen molar-refractivity contribution < 1.29 is 57.3 Å². The molecule has 296 valence electrons. The number of ether oxygens (including phenoxy) is 9. The van der Waals surface area contributed by atoms with Gasteiger partial charge in [-0.05, 0) is 72.8 Å². The average Bonchev–Trinajstić information content (AvgIpc) is 3.20. The van der Waals surface area contributed by atoms with E-state index in [0.717, 1.165) is 17.7 Å². The van der Waals surface area contributed by atoms with Crippen molar-refractivity contribution >= 4 is 23.6 Å². The molecule has 0 saturated carbocycles. The number of fused-ring (bicyclic) bond motifs is 2. The third-order valence-electron chi connectivity index (χ3n) is 9.24. The molecule has 3 aliphatic heterocycles. The SMILES string of the molecule is COCCOCCOc1ccc(N2Cc3ccc(OC4CN(CCOCCOc5ccc(N6Cc7ccc(O)cc7OC6=O)cc5)CCO4)cc3OC2=O)cc1. The van der Waals surface area contributed by atoms with Gasteiger partial charge in [0.15, 0.2) is 0 Å². The summed E-state index contributed by atoms with van der Waals surface area (Å²) in [5.74, 6) is 2.75. The molecule has 1 atom stereocenters. The molecular weight excluding hydrogens is 726 g/mol. The predicted octanol–water partition coefficient (Wildman–Crippen LogP) is 5.60. The number of hydrogen-bond donors (Lipinski definition) is 1. The maximum Gasteiger partial charge on any atom is 0.420 e. The molecule has 4 aromatic rings. The molecule has 1 saturated heterocycles. The van der Waals surface area contributed by atoms with E-state index < -0.39 is 18.5 Å². The van der Waals surface area contributed by atoms with Crippen LogP contribution >= 0.6 is 0 Å². The Morgan fingerprint density at radius 3 is 1.84 bits per heavy atom. The minimum atomic E-state index is -0.510. The Morgan fingerprint density at radius 1 is 0.661 bits per heavy atom. The predicted molar refractivity (Wildman–Crippen MR) is 203 cm³/mol. The molecule has 0 spiro atoms. The number of rotatable bonds is 18. The van der Waals surface area contributed by atoms with Crippen molar-refractivity contribution in [2.45, 2.75) is 19.4 Å². The molecule has 15 nitrogen and oxygen atoms in total. The zero-order valence-corrected chi connectivity index (χ0v) is 31.1. The van der Waals surface area contributed by atoms with Gasteiger partial charge in [-0.1, -0.05) is 0 Å². The first-order chi connectivity index (χ1) is 27.4. The van der Waals surface area contributed by atoms with E-state index in [9.17, 15) is 14.7 Å². The van der Waals surface area contributed by atoms with Gasteiger partial charge >= 0.3 is 12.2 Å². The summed E-state index contributed by atoms with van der Waals surface area (Å²) in [4.78, 5) is 30.8. The maximum absolute atomic E-state index is 13.0. The molecule has 4 aromatic carbocycles. The van der Waals surface area contributed by atoms with Crippen LogP contribution in [0, 0.1) is 0 Å². The second kappa shape index (κ2) is 18.8. The summed E-state index contributed by atoms with van der Waals surface area (Å²) in [6.45, 7) is 6.41. The van der Waals surface area contributed by atoms with E-state index >= 15 is 0 Å². The van der Waals surface area contributed by atoms with Crippen LogP contribution in [0.2, 0.25) is 0 Å². The van der Waals surface area contributed by atoms with E-state index in [2.05, 4.69) is 4.90 Å². The van der Waals surface area contributed by atoms with Crippen LogP contribution in [0.1, 0.15) is 11.1 Å². The Labute approximate surface area is 324 Å². The summed E-state index contributed by atoms with van der Waals surface area (Å²) in [6, 6.07) is 24.7. The highest BCUT2D eigenvalue weighted by molar-refractivity contribution is 5.92. The number of methoxy groups -OCH3 is 1. The lowest BCUT2D eigenvalue weighted by Crippen LogP contribution is -2.46. The fourth-order valence-corrected chi connectivity index (χ4v) is 6.28. The van der Waals surface area contributed by atoms with E-state index in [0.29, 0.717) is 119 Å². The van der Waals surface area contributed by atoms with Gasteiger partial charge in [0.1, 0.15) is 47.7 Å². The van der Waals surface area contributed by atoms with Gasteiger partial charge in [0.05, 0.1) is 59.3 Å². The highest BCUT2D eigenvalue weighted by Crippen LogP contribution is 2.35. The quantitative estimate of drug-likeness (QED) is 0.125. The minimum Gasteiger partial charge on any atom is -0.508 e. The fraction of sp³-hybridized carbons (Fsp3) is 0.366. The van der Waals surface area contributed by atoms with Crippen LogP contribution in [0.3, 0.4) is 0 Å². The Bertz CT molecular complexity index is 1930. The van der Waals surface area contributed by atoms with Gasteiger partial charge in [-0.3, -0.25) is 14.7 Å². The largest absolute Gasteiger partial charge is 0.508 e. The fourth-order valence-electron chi connectivity index (χ4n) is 6.28. The summed E-state index contributed by atoms with van der Waals surface area (Å²) < 4.78 is 50.9. The molecule has 56 heavy (non-hydrogen) atoms. The molecule has 7 rings (SSSR count). The van der Waals surface area contributed by atoms with E-state index in [-0.39, 0.29) is 5.75 Å². The Hall–Kier alpha value is -5.58. The number of carbonyl (C=O) groups is 2. The minimum absolute atomic E-state index is 0.0473. The Kier molecular flexibility index (Phi) is 13.0. The van der Waals surface area contributed by atoms with Crippen LogP contribution in [-0.4, -0.2) is 108 Å². The number of amides is 2. The van der Waals surface area contributed by atoms with Gasteiger partial charge in [-0.15, -0.1) is 0 Å². The summed E-state index contributed by atoms with van der Waals surface area (Å²) in [5.41, 5.74) is 3.03. The van der Waals surface area contributed by atoms with Crippen molar-refractivity contribution in [3.63, 3.8) is 0 Å². The molecule has 0 radical (unpaired) electrons. The van der Waals surface area contributed by atoms with Crippen LogP contribution in [-0.2, 0) is 32.0 Å². The first-order valence-electron chi connectivity index (χ1n) is 18.5. The van der Waals surface area contributed by atoms with E-state index in [1.807, 2.05) is 36.4 Å².